The fraction of sp³-hybridized carbons (Fsp3) is 0.364. The van der Waals surface area contributed by atoms with Crippen molar-refractivity contribution in [2.45, 2.75) is 25.6 Å². The van der Waals surface area contributed by atoms with Gasteiger partial charge in [0.25, 0.3) is 0 Å². The Balaban J connectivity index is 1.58. The lowest BCUT2D eigenvalue weighted by Crippen LogP contribution is -2.41. The Bertz CT molecular complexity index is 1020. The number of hydrogen-bond acceptors (Lipinski definition) is 5. The summed E-state index contributed by atoms with van der Waals surface area (Å²) in [6, 6.07) is 14.3. The van der Waals surface area contributed by atoms with Gasteiger partial charge in [0.2, 0.25) is 21.8 Å². The van der Waals surface area contributed by atoms with E-state index in [9.17, 15) is 18.0 Å². The number of benzene rings is 2. The van der Waals surface area contributed by atoms with Gasteiger partial charge in [-0.05, 0) is 28.8 Å². The standard InChI is InChI=1S/C22H27N3O5S/c1-17(26)24-21-8-6-18(7-9-21)14-22(27)23-15-19-4-2-3-5-20(19)16-31(28,29)25-10-12-30-13-11-25/h2-9H,10-16H2,1H3,(H,23,27)(H,24,26). The summed E-state index contributed by atoms with van der Waals surface area (Å²) in [5.41, 5.74) is 2.93. The highest BCUT2D eigenvalue weighted by atomic mass is 32.2. The number of carbonyl (C=O) groups is 2. The molecule has 0 atom stereocenters. The molecule has 166 valence electrons. The second-order valence-corrected chi connectivity index (χ2v) is 9.34. The Hall–Kier alpha value is -2.75. The average molecular weight is 446 g/mol. The second kappa shape index (κ2) is 10.5. The van der Waals surface area contributed by atoms with Crippen molar-refractivity contribution in [1.82, 2.24) is 9.62 Å². The molecule has 1 fully saturated rings. The van der Waals surface area contributed by atoms with Gasteiger partial charge in [-0.15, -0.1) is 0 Å². The third-order valence-corrected chi connectivity index (χ3v) is 6.76. The first kappa shape index (κ1) is 22.9. The Labute approximate surface area is 182 Å². The number of nitrogens with zero attached hydrogens (tertiary/aromatic N) is 1. The van der Waals surface area contributed by atoms with Gasteiger partial charge in [0.15, 0.2) is 0 Å². The largest absolute Gasteiger partial charge is 0.379 e. The Morgan fingerprint density at radius 1 is 1.00 bits per heavy atom. The molecule has 1 aliphatic heterocycles. The highest BCUT2D eigenvalue weighted by Crippen LogP contribution is 2.17. The maximum absolute atomic E-state index is 12.7. The van der Waals surface area contributed by atoms with E-state index in [1.165, 1.54) is 11.2 Å². The highest BCUT2D eigenvalue weighted by Gasteiger charge is 2.25. The molecule has 31 heavy (non-hydrogen) atoms. The fourth-order valence-corrected chi connectivity index (χ4v) is 4.90. The van der Waals surface area contributed by atoms with Crippen molar-refractivity contribution >= 4 is 27.5 Å². The van der Waals surface area contributed by atoms with Gasteiger partial charge in [0.05, 0.1) is 25.4 Å². The minimum atomic E-state index is -3.45. The minimum absolute atomic E-state index is 0.107. The molecule has 1 aliphatic rings. The maximum Gasteiger partial charge on any atom is 0.224 e. The highest BCUT2D eigenvalue weighted by molar-refractivity contribution is 7.88. The number of rotatable bonds is 8. The summed E-state index contributed by atoms with van der Waals surface area (Å²) >= 11 is 0. The van der Waals surface area contributed by atoms with Gasteiger partial charge < -0.3 is 15.4 Å². The lowest BCUT2D eigenvalue weighted by molar-refractivity contribution is -0.120. The molecule has 0 unspecified atom stereocenters. The van der Waals surface area contributed by atoms with Crippen LogP contribution in [-0.4, -0.2) is 50.8 Å². The van der Waals surface area contributed by atoms with Gasteiger partial charge in [0.1, 0.15) is 0 Å². The van der Waals surface area contributed by atoms with E-state index in [1.54, 1.807) is 36.4 Å². The molecule has 3 rings (SSSR count). The van der Waals surface area contributed by atoms with E-state index >= 15 is 0 Å². The fourth-order valence-electron chi connectivity index (χ4n) is 3.33. The lowest BCUT2D eigenvalue weighted by atomic mass is 10.1. The molecule has 0 aromatic heterocycles. The van der Waals surface area contributed by atoms with Crippen LogP contribution in [0.4, 0.5) is 5.69 Å². The minimum Gasteiger partial charge on any atom is -0.379 e. The van der Waals surface area contributed by atoms with Crippen molar-refractivity contribution in [3.05, 3.63) is 65.2 Å². The number of nitrogens with one attached hydrogen (secondary N) is 2. The Morgan fingerprint density at radius 3 is 2.29 bits per heavy atom. The van der Waals surface area contributed by atoms with Gasteiger partial charge in [-0.25, -0.2) is 8.42 Å². The molecule has 0 aliphatic carbocycles. The molecule has 0 spiro atoms. The van der Waals surface area contributed by atoms with Crippen LogP contribution in [0.1, 0.15) is 23.6 Å². The molecule has 8 nitrogen and oxygen atoms in total. The first-order valence-corrected chi connectivity index (χ1v) is 11.7. The van der Waals surface area contributed by atoms with Crippen molar-refractivity contribution in [1.29, 1.82) is 0 Å². The molecule has 1 saturated heterocycles. The number of ether oxygens (including phenoxy) is 1. The summed E-state index contributed by atoms with van der Waals surface area (Å²) in [6.45, 7) is 3.22. The van der Waals surface area contributed by atoms with E-state index in [0.29, 0.717) is 37.6 Å². The molecule has 2 N–H and O–H groups in total. The van der Waals surface area contributed by atoms with Crippen LogP contribution in [0.5, 0.6) is 0 Å². The summed E-state index contributed by atoms with van der Waals surface area (Å²) in [4.78, 5) is 23.4. The zero-order valence-corrected chi connectivity index (χ0v) is 18.3. The number of morpholine rings is 1. The van der Waals surface area contributed by atoms with E-state index in [-0.39, 0.29) is 30.5 Å². The molecular weight excluding hydrogens is 418 g/mol. The molecule has 0 saturated carbocycles. The summed E-state index contributed by atoms with van der Waals surface area (Å²) in [5, 5.41) is 5.54. The van der Waals surface area contributed by atoms with Gasteiger partial charge >= 0.3 is 0 Å². The monoisotopic (exact) mass is 445 g/mol. The average Bonchev–Trinajstić information content (AvgIpc) is 2.74. The number of carbonyl (C=O) groups excluding carboxylic acids is 2. The normalized spacial score (nSPS) is 14.7. The van der Waals surface area contributed by atoms with Crippen LogP contribution >= 0.6 is 0 Å². The first-order chi connectivity index (χ1) is 14.8. The number of amides is 2. The maximum atomic E-state index is 12.7. The molecule has 9 heteroatoms. The molecule has 1 heterocycles. The van der Waals surface area contributed by atoms with Crippen LogP contribution in [0, 0.1) is 0 Å². The van der Waals surface area contributed by atoms with Gasteiger partial charge in [-0.1, -0.05) is 36.4 Å². The summed E-state index contributed by atoms with van der Waals surface area (Å²) in [5.74, 6) is -0.429. The van der Waals surface area contributed by atoms with E-state index in [2.05, 4.69) is 10.6 Å². The molecule has 2 amide bonds. The van der Waals surface area contributed by atoms with E-state index in [4.69, 9.17) is 4.74 Å². The summed E-state index contributed by atoms with van der Waals surface area (Å²) in [6.07, 6.45) is 0.189. The quantitative estimate of drug-likeness (QED) is 0.643. The van der Waals surface area contributed by atoms with Crippen LogP contribution in [0.2, 0.25) is 0 Å². The smallest absolute Gasteiger partial charge is 0.224 e. The summed E-state index contributed by atoms with van der Waals surface area (Å²) < 4.78 is 32.2. The van der Waals surface area contributed by atoms with Crippen molar-refractivity contribution < 1.29 is 22.7 Å². The van der Waals surface area contributed by atoms with Crippen molar-refractivity contribution in [2.75, 3.05) is 31.6 Å². The Morgan fingerprint density at radius 2 is 1.65 bits per heavy atom. The van der Waals surface area contributed by atoms with E-state index in [0.717, 1.165) is 11.1 Å². The van der Waals surface area contributed by atoms with E-state index < -0.39 is 10.0 Å². The third-order valence-electron chi connectivity index (χ3n) is 4.93. The Kier molecular flexibility index (Phi) is 7.78. The van der Waals surface area contributed by atoms with Gasteiger partial charge in [0, 0.05) is 32.2 Å². The molecule has 2 aromatic rings. The van der Waals surface area contributed by atoms with Crippen LogP contribution < -0.4 is 10.6 Å². The predicted molar refractivity (Wildman–Crippen MR) is 118 cm³/mol. The third kappa shape index (κ3) is 6.88. The topological polar surface area (TPSA) is 105 Å². The van der Waals surface area contributed by atoms with Crippen molar-refractivity contribution in [3.8, 4) is 0 Å². The zero-order valence-electron chi connectivity index (χ0n) is 17.5. The van der Waals surface area contributed by atoms with Crippen LogP contribution in [0.25, 0.3) is 0 Å². The zero-order chi connectivity index (χ0) is 22.3. The second-order valence-electron chi connectivity index (χ2n) is 7.37. The van der Waals surface area contributed by atoms with Crippen molar-refractivity contribution in [3.63, 3.8) is 0 Å². The SMILES string of the molecule is CC(=O)Nc1ccc(CC(=O)NCc2ccccc2CS(=O)(=O)N2CCOCC2)cc1. The number of hydrogen-bond donors (Lipinski definition) is 2. The van der Waals surface area contributed by atoms with Crippen LogP contribution in [0.15, 0.2) is 48.5 Å². The van der Waals surface area contributed by atoms with Crippen LogP contribution in [-0.2, 0) is 43.1 Å². The molecule has 0 bridgehead atoms. The molecule has 2 aromatic carbocycles. The number of anilines is 1. The summed E-state index contributed by atoms with van der Waals surface area (Å²) in [7, 11) is -3.45. The lowest BCUT2D eigenvalue weighted by Gasteiger charge is -2.26. The van der Waals surface area contributed by atoms with E-state index in [1.807, 2.05) is 12.1 Å². The predicted octanol–water partition coefficient (Wildman–Crippen LogP) is 1.67. The first-order valence-electron chi connectivity index (χ1n) is 10.1. The molecular formula is C22H27N3O5S. The molecule has 0 radical (unpaired) electrons. The van der Waals surface area contributed by atoms with Gasteiger partial charge in [-0.2, -0.15) is 4.31 Å². The van der Waals surface area contributed by atoms with Crippen LogP contribution in [0.3, 0.4) is 0 Å². The van der Waals surface area contributed by atoms with Gasteiger partial charge in [-0.3, -0.25) is 9.59 Å². The number of sulfonamides is 1. The van der Waals surface area contributed by atoms with Crippen molar-refractivity contribution in [2.24, 2.45) is 0 Å².